The minimum atomic E-state index is -3.08. The zero-order valence-corrected chi connectivity index (χ0v) is 16.3. The van der Waals surface area contributed by atoms with E-state index in [-0.39, 0.29) is 34.5 Å². The highest BCUT2D eigenvalue weighted by Crippen LogP contribution is 2.27. The number of carbonyl (C=O) groups excluding carboxylic acids is 1. The fourth-order valence-corrected chi connectivity index (χ4v) is 3.00. The Morgan fingerprint density at radius 1 is 1.29 bits per heavy atom. The van der Waals surface area contributed by atoms with E-state index in [1.807, 2.05) is 0 Å². The maximum atomic E-state index is 13.3. The number of halogens is 5. The van der Waals surface area contributed by atoms with Crippen LogP contribution in [0.3, 0.4) is 0 Å². The lowest BCUT2D eigenvalue weighted by Crippen LogP contribution is -2.16. The Morgan fingerprint density at radius 3 is 2.79 bits per heavy atom. The minimum Gasteiger partial charge on any atom is -0.434 e. The van der Waals surface area contributed by atoms with Gasteiger partial charge in [-0.15, -0.1) is 0 Å². The van der Waals surface area contributed by atoms with Gasteiger partial charge in [0.25, 0.3) is 5.91 Å². The molecule has 2 aromatic carbocycles. The number of carbonyl (C=O) groups is 1. The van der Waals surface area contributed by atoms with Gasteiger partial charge in [0.2, 0.25) is 0 Å². The molecule has 0 radical (unpaired) electrons. The van der Waals surface area contributed by atoms with Crippen molar-refractivity contribution in [1.82, 2.24) is 9.78 Å². The minimum absolute atomic E-state index is 0.0334. The summed E-state index contributed by atoms with van der Waals surface area (Å²) in [5, 5.41) is 6.74. The van der Waals surface area contributed by atoms with E-state index in [2.05, 4.69) is 31.1 Å². The third kappa shape index (κ3) is 5.05. The predicted octanol–water partition coefficient (Wildman–Crippen LogP) is 5.34. The van der Waals surface area contributed by atoms with Crippen LogP contribution in [0.1, 0.15) is 15.9 Å². The highest BCUT2D eigenvalue weighted by atomic mass is 79.9. The Bertz CT molecular complexity index is 1010. The van der Waals surface area contributed by atoms with Crippen molar-refractivity contribution in [3.05, 3.63) is 75.1 Å². The first kappa shape index (κ1) is 20.2. The van der Waals surface area contributed by atoms with Crippen LogP contribution in [0.2, 0.25) is 5.02 Å². The summed E-state index contributed by atoms with van der Waals surface area (Å²) in [6.07, 6.45) is 1.46. The van der Waals surface area contributed by atoms with E-state index in [0.29, 0.717) is 10.0 Å². The van der Waals surface area contributed by atoms with Crippen molar-refractivity contribution in [2.24, 2.45) is 0 Å². The van der Waals surface area contributed by atoms with Crippen LogP contribution in [0.15, 0.2) is 53.1 Å². The van der Waals surface area contributed by atoms with Crippen molar-refractivity contribution in [3.8, 4) is 5.75 Å². The number of rotatable bonds is 6. The van der Waals surface area contributed by atoms with Crippen molar-refractivity contribution < 1.29 is 22.7 Å². The molecular weight excluding hydrogens is 463 g/mol. The van der Waals surface area contributed by atoms with Gasteiger partial charge in [0.05, 0.1) is 12.1 Å². The number of nitrogens with one attached hydrogen (secondary N) is 1. The van der Waals surface area contributed by atoms with Gasteiger partial charge in [-0.05, 0) is 35.9 Å². The maximum Gasteiger partial charge on any atom is 0.387 e. The van der Waals surface area contributed by atoms with Gasteiger partial charge in [-0.25, -0.2) is 4.39 Å². The van der Waals surface area contributed by atoms with Gasteiger partial charge < -0.3 is 10.1 Å². The molecule has 0 fully saturated rings. The number of ether oxygens (including phenoxy) is 1. The SMILES string of the molecule is O=C(Nc1nn(Cc2cccc(F)c2)cc1Cl)c1cc(Br)ccc1OC(F)F. The molecule has 0 aliphatic carbocycles. The summed E-state index contributed by atoms with van der Waals surface area (Å²) in [6, 6.07) is 10.0. The normalized spacial score (nSPS) is 10.9. The van der Waals surface area contributed by atoms with E-state index in [0.717, 1.165) is 0 Å². The first-order valence-corrected chi connectivity index (χ1v) is 9.02. The highest BCUT2D eigenvalue weighted by molar-refractivity contribution is 9.10. The van der Waals surface area contributed by atoms with Crippen LogP contribution in [-0.4, -0.2) is 22.3 Å². The first-order valence-electron chi connectivity index (χ1n) is 7.85. The van der Waals surface area contributed by atoms with E-state index in [9.17, 15) is 18.0 Å². The zero-order chi connectivity index (χ0) is 20.3. The number of hydrogen-bond acceptors (Lipinski definition) is 3. The fraction of sp³-hybridized carbons (Fsp3) is 0.111. The third-order valence-electron chi connectivity index (χ3n) is 3.58. The Labute approximate surface area is 171 Å². The molecule has 0 bridgehead atoms. The third-order valence-corrected chi connectivity index (χ3v) is 4.35. The van der Waals surface area contributed by atoms with E-state index in [1.165, 1.54) is 41.2 Å². The second-order valence-electron chi connectivity index (χ2n) is 5.63. The molecule has 0 saturated carbocycles. The lowest BCUT2D eigenvalue weighted by Gasteiger charge is -2.10. The van der Waals surface area contributed by atoms with Gasteiger partial charge in [0.1, 0.15) is 16.6 Å². The molecule has 3 aromatic rings. The standard InChI is InChI=1S/C18H12BrClF3N3O2/c19-11-4-5-15(28-18(22)23)13(7-11)17(27)24-16-14(20)9-26(25-16)8-10-2-1-3-12(21)6-10/h1-7,9,18H,8H2,(H,24,25,27). The summed E-state index contributed by atoms with van der Waals surface area (Å²) in [6.45, 7) is -2.86. The molecule has 1 N–H and O–H groups in total. The van der Waals surface area contributed by atoms with Crippen molar-refractivity contribution in [3.63, 3.8) is 0 Å². The van der Waals surface area contributed by atoms with Crippen LogP contribution in [0.25, 0.3) is 0 Å². The Hall–Kier alpha value is -2.52. The average Bonchev–Trinajstić information content (AvgIpc) is 2.95. The number of anilines is 1. The molecule has 0 aliphatic rings. The van der Waals surface area contributed by atoms with Crippen LogP contribution >= 0.6 is 27.5 Å². The largest absolute Gasteiger partial charge is 0.434 e. The summed E-state index contributed by atoms with van der Waals surface area (Å²) in [5.41, 5.74) is 0.530. The van der Waals surface area contributed by atoms with Crippen LogP contribution in [-0.2, 0) is 6.54 Å². The number of alkyl halides is 2. The van der Waals surface area contributed by atoms with Gasteiger partial charge in [-0.3, -0.25) is 9.48 Å². The molecular formula is C18H12BrClF3N3O2. The second kappa shape index (κ2) is 8.66. The number of hydrogen-bond donors (Lipinski definition) is 1. The molecule has 0 atom stereocenters. The smallest absolute Gasteiger partial charge is 0.387 e. The number of aromatic nitrogens is 2. The zero-order valence-electron chi connectivity index (χ0n) is 14.0. The van der Waals surface area contributed by atoms with Crippen LogP contribution in [0.5, 0.6) is 5.75 Å². The Balaban J connectivity index is 1.80. The van der Waals surface area contributed by atoms with Gasteiger partial charge in [0, 0.05) is 10.7 Å². The summed E-state index contributed by atoms with van der Waals surface area (Å²) in [5.74, 6) is -1.36. The summed E-state index contributed by atoms with van der Waals surface area (Å²) in [4.78, 5) is 12.5. The highest BCUT2D eigenvalue weighted by Gasteiger charge is 2.19. The maximum absolute atomic E-state index is 13.3. The van der Waals surface area contributed by atoms with Crippen LogP contribution in [0, 0.1) is 5.82 Å². The summed E-state index contributed by atoms with van der Waals surface area (Å²) in [7, 11) is 0. The van der Waals surface area contributed by atoms with Crippen molar-refractivity contribution in [2.45, 2.75) is 13.2 Å². The molecule has 28 heavy (non-hydrogen) atoms. The van der Waals surface area contributed by atoms with Crippen LogP contribution in [0.4, 0.5) is 19.0 Å². The van der Waals surface area contributed by atoms with Gasteiger partial charge in [-0.2, -0.15) is 13.9 Å². The molecule has 0 saturated heterocycles. The lowest BCUT2D eigenvalue weighted by atomic mass is 10.2. The molecule has 10 heteroatoms. The van der Waals surface area contributed by atoms with E-state index in [4.69, 9.17) is 11.6 Å². The average molecular weight is 475 g/mol. The Morgan fingerprint density at radius 2 is 2.07 bits per heavy atom. The van der Waals surface area contributed by atoms with E-state index < -0.39 is 12.5 Å². The first-order chi connectivity index (χ1) is 13.3. The molecule has 5 nitrogen and oxygen atoms in total. The van der Waals surface area contributed by atoms with Crippen molar-refractivity contribution in [2.75, 3.05) is 5.32 Å². The summed E-state index contributed by atoms with van der Waals surface area (Å²) < 4.78 is 44.7. The molecule has 1 heterocycles. The topological polar surface area (TPSA) is 56.2 Å². The quantitative estimate of drug-likeness (QED) is 0.525. The lowest BCUT2D eigenvalue weighted by molar-refractivity contribution is -0.0501. The second-order valence-corrected chi connectivity index (χ2v) is 6.95. The number of nitrogens with zero attached hydrogens (tertiary/aromatic N) is 2. The Kier molecular flexibility index (Phi) is 6.25. The van der Waals surface area contributed by atoms with Crippen LogP contribution < -0.4 is 10.1 Å². The van der Waals surface area contributed by atoms with E-state index in [1.54, 1.807) is 12.1 Å². The summed E-state index contributed by atoms with van der Waals surface area (Å²) >= 11 is 9.27. The number of benzene rings is 2. The van der Waals surface area contributed by atoms with E-state index >= 15 is 0 Å². The fourth-order valence-electron chi connectivity index (χ4n) is 2.44. The van der Waals surface area contributed by atoms with Crippen molar-refractivity contribution in [1.29, 1.82) is 0 Å². The van der Waals surface area contributed by atoms with Gasteiger partial charge in [-0.1, -0.05) is 39.7 Å². The molecule has 1 amide bonds. The molecule has 0 spiro atoms. The molecule has 146 valence electrons. The molecule has 0 aliphatic heterocycles. The van der Waals surface area contributed by atoms with Crippen molar-refractivity contribution >= 4 is 39.3 Å². The van der Waals surface area contributed by atoms with Gasteiger partial charge in [0.15, 0.2) is 5.82 Å². The number of amides is 1. The molecule has 1 aromatic heterocycles. The molecule has 0 unspecified atom stereocenters. The van der Waals surface area contributed by atoms with Gasteiger partial charge >= 0.3 is 6.61 Å². The molecule has 3 rings (SSSR count). The monoisotopic (exact) mass is 473 g/mol. The predicted molar refractivity (Wildman–Crippen MR) is 101 cm³/mol.